The summed E-state index contributed by atoms with van der Waals surface area (Å²) >= 11 is 1.05. The number of carboxylic acids is 1. The number of ether oxygens (including phenoxy) is 1. The topological polar surface area (TPSA) is 149 Å². The number of rotatable bonds is 13. The van der Waals surface area contributed by atoms with Crippen molar-refractivity contribution in [3.63, 3.8) is 0 Å². The van der Waals surface area contributed by atoms with E-state index in [9.17, 15) is 24.3 Å². The van der Waals surface area contributed by atoms with Crippen molar-refractivity contribution in [3.8, 4) is 0 Å². The van der Waals surface area contributed by atoms with Crippen LogP contribution in [0.15, 0.2) is 5.38 Å². The molecule has 3 N–H and O–H groups in total. The summed E-state index contributed by atoms with van der Waals surface area (Å²) in [6.45, 7) is 16.5. The Bertz CT molecular complexity index is 1020. The Morgan fingerprint density at radius 1 is 1.05 bits per heavy atom. The second kappa shape index (κ2) is 14.8. The van der Waals surface area contributed by atoms with Gasteiger partial charge in [0.25, 0.3) is 0 Å². The van der Waals surface area contributed by atoms with Crippen LogP contribution in [0.3, 0.4) is 0 Å². The summed E-state index contributed by atoms with van der Waals surface area (Å²) < 4.78 is 5.46. The van der Waals surface area contributed by atoms with Gasteiger partial charge in [0.1, 0.15) is 28.8 Å². The van der Waals surface area contributed by atoms with Crippen molar-refractivity contribution in [2.75, 3.05) is 14.1 Å². The molecule has 5 atom stereocenters. The van der Waals surface area contributed by atoms with Crippen molar-refractivity contribution in [1.82, 2.24) is 20.1 Å². The molecule has 0 saturated carbocycles. The van der Waals surface area contributed by atoms with E-state index in [0.717, 1.165) is 11.3 Å². The smallest absolute Gasteiger partial charge is 0.410 e. The lowest BCUT2D eigenvalue weighted by Gasteiger charge is -2.38. The largest absolute Gasteiger partial charge is 0.476 e. The average molecular weight is 585 g/mol. The fraction of sp³-hybridized carbons (Fsp3) is 0.750. The highest BCUT2D eigenvalue weighted by Crippen LogP contribution is 2.28. The van der Waals surface area contributed by atoms with Gasteiger partial charge in [0.05, 0.1) is 0 Å². The van der Waals surface area contributed by atoms with E-state index in [1.165, 1.54) is 17.3 Å². The Kier molecular flexibility index (Phi) is 13.0. The summed E-state index contributed by atoms with van der Waals surface area (Å²) in [6, 6.07) is -2.16. The normalized spacial score (nSPS) is 15.7. The number of amides is 3. The summed E-state index contributed by atoms with van der Waals surface area (Å²) in [4.78, 5) is 58.1. The van der Waals surface area contributed by atoms with E-state index in [1.54, 1.807) is 32.7 Å². The Hall–Kier alpha value is -2.73. The van der Waals surface area contributed by atoms with Gasteiger partial charge >= 0.3 is 12.1 Å². The zero-order chi connectivity index (χ0) is 31.1. The first-order valence-electron chi connectivity index (χ1n) is 13.7. The molecule has 0 bridgehead atoms. The average Bonchev–Trinajstić information content (AvgIpc) is 3.34. The van der Waals surface area contributed by atoms with Gasteiger partial charge in [0, 0.05) is 31.9 Å². The summed E-state index contributed by atoms with van der Waals surface area (Å²) in [5.41, 5.74) is -0.869. The van der Waals surface area contributed by atoms with Gasteiger partial charge in [0.15, 0.2) is 5.69 Å². The Labute approximate surface area is 242 Å². The second-order valence-electron chi connectivity index (χ2n) is 12.0. The number of carboxylic acid groups (broad SMARTS) is 1. The number of likely N-dealkylation sites (N-methyl/N-ethyl adjacent to an activating group) is 2. The summed E-state index contributed by atoms with van der Waals surface area (Å²) in [6.07, 6.45) is -0.939. The molecular formula is C28H48N4O7S. The predicted octanol–water partition coefficient (Wildman–Crippen LogP) is 4.17. The van der Waals surface area contributed by atoms with Gasteiger partial charge in [-0.3, -0.25) is 14.5 Å². The SMILES string of the molecule is CC[C@H](C)[C@H](NC(=O)[C@H](C(C)C)N(C)C(=O)OC(C)(C)C)C(=O)N(C)[C@H](C[C@@H](O)c1nc(C(=O)O)cs1)C(C)C. The second-order valence-corrected chi connectivity index (χ2v) is 12.9. The molecule has 0 unspecified atom stereocenters. The lowest BCUT2D eigenvalue weighted by Crippen LogP contribution is -2.59. The van der Waals surface area contributed by atoms with Crippen molar-refractivity contribution in [3.05, 3.63) is 16.1 Å². The highest BCUT2D eigenvalue weighted by Gasteiger charge is 2.38. The van der Waals surface area contributed by atoms with Gasteiger partial charge in [-0.15, -0.1) is 11.3 Å². The summed E-state index contributed by atoms with van der Waals surface area (Å²) in [5.74, 6) is -2.48. The number of aromatic carboxylic acids is 1. The number of nitrogens with one attached hydrogen (secondary N) is 1. The first-order valence-corrected chi connectivity index (χ1v) is 14.6. The molecule has 228 valence electrons. The van der Waals surface area contributed by atoms with Crippen LogP contribution in [-0.4, -0.2) is 86.7 Å². The van der Waals surface area contributed by atoms with Gasteiger partial charge in [-0.25, -0.2) is 14.6 Å². The number of aromatic nitrogens is 1. The van der Waals surface area contributed by atoms with Crippen LogP contribution >= 0.6 is 11.3 Å². The van der Waals surface area contributed by atoms with E-state index in [2.05, 4.69) is 10.3 Å². The highest BCUT2D eigenvalue weighted by molar-refractivity contribution is 7.09. The molecule has 0 saturated heterocycles. The van der Waals surface area contributed by atoms with Crippen LogP contribution in [0.5, 0.6) is 0 Å². The zero-order valence-electron chi connectivity index (χ0n) is 25.7. The monoisotopic (exact) mass is 584 g/mol. The molecular weight excluding hydrogens is 536 g/mol. The minimum atomic E-state index is -1.17. The van der Waals surface area contributed by atoms with E-state index in [4.69, 9.17) is 9.84 Å². The van der Waals surface area contributed by atoms with Crippen molar-refractivity contribution >= 4 is 35.2 Å². The molecule has 0 aliphatic rings. The maximum atomic E-state index is 13.9. The van der Waals surface area contributed by atoms with Crippen LogP contribution in [0.4, 0.5) is 4.79 Å². The van der Waals surface area contributed by atoms with Crippen molar-refractivity contribution in [1.29, 1.82) is 0 Å². The molecule has 0 aliphatic heterocycles. The van der Waals surface area contributed by atoms with Crippen LogP contribution in [0.25, 0.3) is 0 Å². The highest BCUT2D eigenvalue weighted by atomic mass is 32.1. The molecule has 11 nitrogen and oxygen atoms in total. The van der Waals surface area contributed by atoms with Crippen LogP contribution < -0.4 is 5.32 Å². The minimum Gasteiger partial charge on any atom is -0.476 e. The van der Waals surface area contributed by atoms with E-state index >= 15 is 0 Å². The van der Waals surface area contributed by atoms with Crippen LogP contribution in [0.1, 0.15) is 96.8 Å². The van der Waals surface area contributed by atoms with Crippen LogP contribution in [-0.2, 0) is 14.3 Å². The number of aliphatic hydroxyl groups excluding tert-OH is 1. The fourth-order valence-corrected chi connectivity index (χ4v) is 5.21. The predicted molar refractivity (Wildman–Crippen MR) is 154 cm³/mol. The fourth-order valence-electron chi connectivity index (χ4n) is 4.42. The number of carbonyl (C=O) groups is 4. The first-order chi connectivity index (χ1) is 18.3. The van der Waals surface area contributed by atoms with E-state index in [1.807, 2.05) is 41.5 Å². The van der Waals surface area contributed by atoms with Crippen molar-refractivity contribution < 1.29 is 34.1 Å². The van der Waals surface area contributed by atoms with Crippen molar-refractivity contribution in [2.45, 2.75) is 105 Å². The number of hydrogen-bond acceptors (Lipinski definition) is 8. The standard InChI is InChI=1S/C28H48N4O7S/c1-12-17(6)21(30-23(34)22(16(4)5)32(11)27(38)39-28(7,8)9)25(35)31(10)19(15(2)3)13-20(33)24-29-18(14-40-24)26(36)37/h14-17,19-22,33H,12-13H2,1-11H3,(H,30,34)(H,36,37)/t17-,19+,20+,21-,22-/m0/s1. The minimum absolute atomic E-state index is 0.0579. The molecule has 1 aromatic rings. The molecule has 0 spiro atoms. The molecule has 40 heavy (non-hydrogen) atoms. The molecule has 0 radical (unpaired) electrons. The first kappa shape index (κ1) is 35.3. The third-order valence-electron chi connectivity index (χ3n) is 6.88. The molecule has 1 rings (SSSR count). The van der Waals surface area contributed by atoms with Gasteiger partial charge in [0.2, 0.25) is 11.8 Å². The number of thiazole rings is 1. The van der Waals surface area contributed by atoms with Gasteiger partial charge in [-0.05, 0) is 38.5 Å². The number of hydrogen-bond donors (Lipinski definition) is 3. The maximum Gasteiger partial charge on any atom is 0.410 e. The van der Waals surface area contributed by atoms with E-state index in [0.29, 0.717) is 6.42 Å². The molecule has 0 fully saturated rings. The number of carbonyl (C=O) groups excluding carboxylic acids is 3. The Morgan fingerprint density at radius 2 is 1.62 bits per heavy atom. The summed E-state index contributed by atoms with van der Waals surface area (Å²) in [7, 11) is 3.15. The lowest BCUT2D eigenvalue weighted by molar-refractivity contribution is -0.141. The zero-order valence-corrected chi connectivity index (χ0v) is 26.5. The molecule has 12 heteroatoms. The maximum absolute atomic E-state index is 13.9. The Morgan fingerprint density at radius 3 is 2.05 bits per heavy atom. The molecule has 1 aromatic heterocycles. The van der Waals surface area contributed by atoms with E-state index in [-0.39, 0.29) is 40.8 Å². The third kappa shape index (κ3) is 9.72. The van der Waals surface area contributed by atoms with Crippen molar-refractivity contribution in [2.24, 2.45) is 17.8 Å². The summed E-state index contributed by atoms with van der Waals surface area (Å²) in [5, 5.41) is 24.5. The molecule has 0 aliphatic carbocycles. The molecule has 0 aromatic carbocycles. The Balaban J connectivity index is 3.19. The van der Waals surface area contributed by atoms with Gasteiger partial charge in [-0.2, -0.15) is 0 Å². The third-order valence-corrected chi connectivity index (χ3v) is 7.83. The van der Waals surface area contributed by atoms with Gasteiger partial charge in [-0.1, -0.05) is 48.0 Å². The number of aliphatic hydroxyl groups is 1. The number of nitrogens with zero attached hydrogens (tertiary/aromatic N) is 3. The quantitative estimate of drug-likeness (QED) is 0.313. The van der Waals surface area contributed by atoms with E-state index < -0.39 is 47.8 Å². The molecule has 3 amide bonds. The molecule has 1 heterocycles. The van der Waals surface area contributed by atoms with Crippen LogP contribution in [0.2, 0.25) is 0 Å². The van der Waals surface area contributed by atoms with Gasteiger partial charge < -0.3 is 25.2 Å². The van der Waals surface area contributed by atoms with Crippen LogP contribution in [0, 0.1) is 17.8 Å². The lowest BCUT2D eigenvalue weighted by atomic mass is 9.92.